The fourth-order valence-electron chi connectivity index (χ4n) is 4.13. The molecule has 0 spiro atoms. The molecule has 1 N–H and O–H groups in total. The van der Waals surface area contributed by atoms with Gasteiger partial charge in [0, 0.05) is 30.8 Å². The number of carbonyl (C=O) groups is 1. The van der Waals surface area contributed by atoms with E-state index in [4.69, 9.17) is 0 Å². The molecule has 9 heteroatoms. The summed E-state index contributed by atoms with van der Waals surface area (Å²) in [5.41, 5.74) is 1.47. The van der Waals surface area contributed by atoms with Gasteiger partial charge in [-0.3, -0.25) is 9.69 Å². The number of hydrogen-bond donors (Lipinski definition) is 1. The van der Waals surface area contributed by atoms with Crippen LogP contribution in [-0.2, 0) is 22.0 Å². The summed E-state index contributed by atoms with van der Waals surface area (Å²) in [5, 5.41) is 7.45. The lowest BCUT2D eigenvalue weighted by Crippen LogP contribution is -2.40. The Bertz CT molecular complexity index is 971. The number of sulfone groups is 1. The van der Waals surface area contributed by atoms with Crippen molar-refractivity contribution in [1.29, 1.82) is 0 Å². The Morgan fingerprint density at radius 2 is 2.21 bits per heavy atom. The number of carbonyl (C=O) groups excluding carboxylic acids is 1. The van der Waals surface area contributed by atoms with Crippen LogP contribution in [0.2, 0.25) is 0 Å². The van der Waals surface area contributed by atoms with E-state index in [1.54, 1.807) is 23.0 Å². The summed E-state index contributed by atoms with van der Waals surface area (Å²) >= 11 is 0. The molecule has 1 unspecified atom stereocenters. The number of nitrogens with zero attached hydrogens (tertiary/aromatic N) is 4. The van der Waals surface area contributed by atoms with Gasteiger partial charge >= 0.3 is 0 Å². The van der Waals surface area contributed by atoms with Crippen LogP contribution in [0.25, 0.3) is 5.82 Å². The Balaban J connectivity index is 1.63. The normalized spacial score (nSPS) is 21.4. The van der Waals surface area contributed by atoms with Gasteiger partial charge < -0.3 is 5.32 Å². The van der Waals surface area contributed by atoms with Gasteiger partial charge in [0.05, 0.1) is 17.2 Å². The van der Waals surface area contributed by atoms with E-state index in [0.717, 1.165) is 31.6 Å². The number of likely N-dealkylation sites (tertiary alicyclic amines) is 1. The summed E-state index contributed by atoms with van der Waals surface area (Å²) in [6, 6.07) is 5.77. The second-order valence-electron chi connectivity index (χ2n) is 7.35. The lowest BCUT2D eigenvalue weighted by molar-refractivity contribution is 0.0935. The number of fused-ring (bicyclic) bond motifs is 1. The zero-order valence-corrected chi connectivity index (χ0v) is 16.8. The molecule has 1 saturated heterocycles. The van der Waals surface area contributed by atoms with E-state index in [1.165, 1.54) is 0 Å². The second-order valence-corrected chi connectivity index (χ2v) is 9.53. The summed E-state index contributed by atoms with van der Waals surface area (Å²) in [4.78, 5) is 19.6. The van der Waals surface area contributed by atoms with E-state index in [2.05, 4.69) is 27.2 Å². The molecule has 150 valence electrons. The number of hydrogen-bond acceptors (Lipinski definition) is 6. The summed E-state index contributed by atoms with van der Waals surface area (Å²) in [7, 11) is -3.23. The molecule has 0 saturated carbocycles. The van der Waals surface area contributed by atoms with Crippen molar-refractivity contribution in [2.75, 3.05) is 25.4 Å². The Morgan fingerprint density at radius 1 is 1.36 bits per heavy atom. The zero-order valence-electron chi connectivity index (χ0n) is 16.0. The Kier molecular flexibility index (Phi) is 5.20. The standard InChI is InChI=1S/C19H25N5O3S/c1-2-23-10-5-6-14(23)12-21-19(25)18-15-13-28(26,27)11-8-16(15)24(22-18)17-7-3-4-9-20-17/h3-4,7,9,14H,2,5-6,8,10-13H2,1H3,(H,21,25). The van der Waals surface area contributed by atoms with Gasteiger partial charge in [0.15, 0.2) is 21.3 Å². The highest BCUT2D eigenvalue weighted by molar-refractivity contribution is 7.90. The predicted molar refractivity (Wildman–Crippen MR) is 105 cm³/mol. The third kappa shape index (κ3) is 3.68. The number of rotatable bonds is 5. The van der Waals surface area contributed by atoms with E-state index < -0.39 is 9.84 Å². The largest absolute Gasteiger partial charge is 0.349 e. The van der Waals surface area contributed by atoms with Gasteiger partial charge in [-0.25, -0.2) is 18.1 Å². The molecule has 1 fully saturated rings. The SMILES string of the molecule is CCN1CCCC1CNC(=O)c1nn(-c2ccccn2)c2c1CS(=O)(=O)CC2. The van der Waals surface area contributed by atoms with Crippen molar-refractivity contribution in [3.05, 3.63) is 41.3 Å². The molecule has 2 aromatic rings. The molecule has 8 nitrogen and oxygen atoms in total. The second kappa shape index (κ2) is 7.63. The molecule has 0 bridgehead atoms. The maximum Gasteiger partial charge on any atom is 0.272 e. The molecule has 0 radical (unpaired) electrons. The van der Waals surface area contributed by atoms with Gasteiger partial charge in [-0.15, -0.1) is 0 Å². The lowest BCUT2D eigenvalue weighted by atomic mass is 10.1. The number of amides is 1. The Hall–Kier alpha value is -2.26. The summed E-state index contributed by atoms with van der Waals surface area (Å²) in [5.74, 6) is 0.186. The fraction of sp³-hybridized carbons (Fsp3) is 0.526. The van der Waals surface area contributed by atoms with Crippen molar-refractivity contribution in [2.45, 2.75) is 38.0 Å². The van der Waals surface area contributed by atoms with Gasteiger partial charge in [0.25, 0.3) is 5.91 Å². The van der Waals surface area contributed by atoms with Crippen LogP contribution in [0.15, 0.2) is 24.4 Å². The number of nitrogens with one attached hydrogen (secondary N) is 1. The van der Waals surface area contributed by atoms with Crippen LogP contribution in [0.1, 0.15) is 41.5 Å². The highest BCUT2D eigenvalue weighted by Crippen LogP contribution is 2.26. The van der Waals surface area contributed by atoms with Gasteiger partial charge in [0.2, 0.25) is 0 Å². The smallest absolute Gasteiger partial charge is 0.272 e. The van der Waals surface area contributed by atoms with Crippen LogP contribution in [0.5, 0.6) is 0 Å². The average Bonchev–Trinajstić information content (AvgIpc) is 3.29. The monoisotopic (exact) mass is 403 g/mol. The molecule has 1 amide bonds. The van der Waals surface area contributed by atoms with Gasteiger partial charge in [-0.1, -0.05) is 13.0 Å². The topological polar surface area (TPSA) is 97.2 Å². The molecule has 1 atom stereocenters. The van der Waals surface area contributed by atoms with Gasteiger partial charge in [-0.05, 0) is 38.1 Å². The van der Waals surface area contributed by atoms with Crippen LogP contribution in [0.3, 0.4) is 0 Å². The first-order chi connectivity index (χ1) is 13.5. The minimum absolute atomic E-state index is 0.0626. The molecule has 0 aromatic carbocycles. The zero-order chi connectivity index (χ0) is 19.7. The van der Waals surface area contributed by atoms with Crippen molar-refractivity contribution in [3.63, 3.8) is 0 Å². The highest BCUT2D eigenvalue weighted by Gasteiger charge is 2.32. The van der Waals surface area contributed by atoms with Crippen LogP contribution in [0, 0.1) is 0 Å². The summed E-state index contributed by atoms with van der Waals surface area (Å²) < 4.78 is 26.0. The number of likely N-dealkylation sites (N-methyl/N-ethyl adjacent to an activating group) is 1. The van der Waals surface area contributed by atoms with E-state index in [9.17, 15) is 13.2 Å². The van der Waals surface area contributed by atoms with Crippen molar-refractivity contribution in [1.82, 2.24) is 25.0 Å². The molecule has 4 heterocycles. The molecule has 2 aliphatic rings. The van der Waals surface area contributed by atoms with Crippen LogP contribution >= 0.6 is 0 Å². The number of pyridine rings is 1. The van der Waals surface area contributed by atoms with Crippen LogP contribution < -0.4 is 5.32 Å². The van der Waals surface area contributed by atoms with Crippen molar-refractivity contribution < 1.29 is 13.2 Å². The van der Waals surface area contributed by atoms with E-state index in [-0.39, 0.29) is 23.1 Å². The Labute approximate surface area is 164 Å². The predicted octanol–water partition coefficient (Wildman–Crippen LogP) is 0.952. The fourth-order valence-corrected chi connectivity index (χ4v) is 5.52. The minimum Gasteiger partial charge on any atom is -0.349 e. The van der Waals surface area contributed by atoms with E-state index >= 15 is 0 Å². The molecule has 28 heavy (non-hydrogen) atoms. The first-order valence-corrected chi connectivity index (χ1v) is 11.6. The molecular weight excluding hydrogens is 378 g/mol. The summed E-state index contributed by atoms with van der Waals surface area (Å²) in [6.45, 7) is 4.68. The molecule has 0 aliphatic carbocycles. The average molecular weight is 404 g/mol. The third-order valence-corrected chi connectivity index (χ3v) is 7.14. The molecular formula is C19H25N5O3S. The third-order valence-electron chi connectivity index (χ3n) is 5.59. The van der Waals surface area contributed by atoms with Gasteiger partial charge in [-0.2, -0.15) is 5.10 Å². The van der Waals surface area contributed by atoms with Crippen molar-refractivity contribution in [3.8, 4) is 5.82 Å². The van der Waals surface area contributed by atoms with E-state index in [0.29, 0.717) is 30.4 Å². The van der Waals surface area contributed by atoms with Gasteiger partial charge in [0.1, 0.15) is 0 Å². The van der Waals surface area contributed by atoms with E-state index in [1.807, 2.05) is 6.07 Å². The minimum atomic E-state index is -3.23. The molecule has 4 rings (SSSR count). The lowest BCUT2D eigenvalue weighted by Gasteiger charge is -2.22. The number of aromatic nitrogens is 3. The maximum absolute atomic E-state index is 12.9. The maximum atomic E-state index is 12.9. The molecule has 2 aromatic heterocycles. The van der Waals surface area contributed by atoms with Crippen LogP contribution in [-0.4, -0.2) is 65.4 Å². The first kappa shape index (κ1) is 19.1. The Morgan fingerprint density at radius 3 is 2.96 bits per heavy atom. The van der Waals surface area contributed by atoms with Crippen molar-refractivity contribution >= 4 is 15.7 Å². The quantitative estimate of drug-likeness (QED) is 0.798. The highest BCUT2D eigenvalue weighted by atomic mass is 32.2. The van der Waals surface area contributed by atoms with Crippen LogP contribution in [0.4, 0.5) is 0 Å². The first-order valence-electron chi connectivity index (χ1n) is 9.73. The summed E-state index contributed by atoms with van der Waals surface area (Å²) in [6.07, 6.45) is 4.18. The van der Waals surface area contributed by atoms with Crippen molar-refractivity contribution in [2.24, 2.45) is 0 Å². The molecule has 2 aliphatic heterocycles.